The summed E-state index contributed by atoms with van der Waals surface area (Å²) in [7, 11) is 0. The van der Waals surface area contributed by atoms with Crippen LogP contribution in [0.3, 0.4) is 0 Å². The van der Waals surface area contributed by atoms with E-state index in [1.807, 2.05) is 9.80 Å². The summed E-state index contributed by atoms with van der Waals surface area (Å²) >= 11 is 0. The van der Waals surface area contributed by atoms with E-state index in [0.717, 1.165) is 5.56 Å². The lowest BCUT2D eigenvalue weighted by Crippen LogP contribution is -2.35. The van der Waals surface area contributed by atoms with Crippen LogP contribution in [0.5, 0.6) is 0 Å². The number of likely N-dealkylation sites (tertiary alicyclic amines) is 1. The van der Waals surface area contributed by atoms with E-state index < -0.39 is 11.4 Å². The summed E-state index contributed by atoms with van der Waals surface area (Å²) in [6, 6.07) is 5.98. The van der Waals surface area contributed by atoms with Gasteiger partial charge in [0.15, 0.2) is 0 Å². The van der Waals surface area contributed by atoms with Gasteiger partial charge in [0.05, 0.1) is 12.1 Å². The largest absolute Gasteiger partial charge is 0.342 e. The Morgan fingerprint density at radius 2 is 1.78 bits per heavy atom. The van der Waals surface area contributed by atoms with Crippen molar-refractivity contribution in [3.63, 3.8) is 0 Å². The molecule has 27 heavy (non-hydrogen) atoms. The monoisotopic (exact) mass is 374 g/mol. The Labute approximate surface area is 154 Å². The van der Waals surface area contributed by atoms with Crippen molar-refractivity contribution in [1.82, 2.24) is 14.9 Å². The van der Waals surface area contributed by atoms with Crippen LogP contribution in [-0.2, 0) is 11.2 Å². The van der Waals surface area contributed by atoms with Gasteiger partial charge in [0.1, 0.15) is 5.82 Å². The molecule has 2 saturated heterocycles. The standard InChI is InChI=1S/C19H20F2N4O2/c1-11-17(21)18(27)23-19(22-11)25-9-13-7-24(8-14(13)10-25)16(26)6-12-2-4-15(20)5-3-12/h2-5,13-14H,6-10H2,1H3,(H,22,23,27). The molecule has 1 aromatic carbocycles. The number of benzene rings is 1. The van der Waals surface area contributed by atoms with Gasteiger partial charge < -0.3 is 9.80 Å². The predicted octanol–water partition coefficient (Wildman–Crippen LogP) is 1.49. The minimum Gasteiger partial charge on any atom is -0.342 e. The Morgan fingerprint density at radius 1 is 1.15 bits per heavy atom. The van der Waals surface area contributed by atoms with E-state index in [-0.39, 0.29) is 35.7 Å². The molecule has 0 bridgehead atoms. The van der Waals surface area contributed by atoms with Crippen LogP contribution in [0.2, 0.25) is 0 Å². The molecular formula is C19H20F2N4O2. The number of aryl methyl sites for hydroxylation is 1. The average molecular weight is 374 g/mol. The van der Waals surface area contributed by atoms with Gasteiger partial charge in [-0.3, -0.25) is 14.6 Å². The van der Waals surface area contributed by atoms with Gasteiger partial charge in [0.2, 0.25) is 17.7 Å². The zero-order valence-electron chi connectivity index (χ0n) is 14.9. The van der Waals surface area contributed by atoms with Gasteiger partial charge in [-0.15, -0.1) is 0 Å². The molecule has 142 valence electrons. The number of anilines is 1. The first-order chi connectivity index (χ1) is 12.9. The maximum atomic E-state index is 13.5. The molecule has 0 spiro atoms. The van der Waals surface area contributed by atoms with Crippen molar-refractivity contribution in [3.05, 3.63) is 57.5 Å². The minimum absolute atomic E-state index is 0.0340. The number of nitrogens with one attached hydrogen (secondary N) is 1. The van der Waals surface area contributed by atoms with E-state index in [4.69, 9.17) is 0 Å². The highest BCUT2D eigenvalue weighted by atomic mass is 19.1. The summed E-state index contributed by atoms with van der Waals surface area (Å²) in [5.74, 6) is -0.166. The molecule has 1 aromatic heterocycles. The van der Waals surface area contributed by atoms with E-state index in [0.29, 0.717) is 32.1 Å². The number of hydrogen-bond acceptors (Lipinski definition) is 4. The number of rotatable bonds is 3. The molecule has 0 aliphatic carbocycles. The molecule has 2 unspecified atom stereocenters. The van der Waals surface area contributed by atoms with Crippen molar-refractivity contribution < 1.29 is 13.6 Å². The van der Waals surface area contributed by atoms with Gasteiger partial charge in [0.25, 0.3) is 5.56 Å². The number of hydrogen-bond donors (Lipinski definition) is 1. The van der Waals surface area contributed by atoms with E-state index in [9.17, 15) is 18.4 Å². The van der Waals surface area contributed by atoms with Crippen molar-refractivity contribution in [3.8, 4) is 0 Å². The molecule has 2 fully saturated rings. The second kappa shape index (κ2) is 6.75. The van der Waals surface area contributed by atoms with Gasteiger partial charge in [-0.2, -0.15) is 4.39 Å². The Bertz CT molecular complexity index is 914. The van der Waals surface area contributed by atoms with Crippen LogP contribution in [0.4, 0.5) is 14.7 Å². The van der Waals surface area contributed by atoms with E-state index in [2.05, 4.69) is 9.97 Å². The Balaban J connectivity index is 1.39. The number of nitrogens with zero attached hydrogens (tertiary/aromatic N) is 3. The predicted molar refractivity (Wildman–Crippen MR) is 95.4 cm³/mol. The maximum Gasteiger partial charge on any atom is 0.288 e. The Kier molecular flexibility index (Phi) is 4.41. The van der Waals surface area contributed by atoms with E-state index >= 15 is 0 Å². The normalized spacial score (nSPS) is 21.6. The summed E-state index contributed by atoms with van der Waals surface area (Å²) < 4.78 is 26.5. The van der Waals surface area contributed by atoms with E-state index in [1.54, 1.807) is 12.1 Å². The Hall–Kier alpha value is -2.77. The van der Waals surface area contributed by atoms with E-state index in [1.165, 1.54) is 19.1 Å². The molecule has 1 amide bonds. The highest BCUT2D eigenvalue weighted by molar-refractivity contribution is 5.79. The van der Waals surface area contributed by atoms with Gasteiger partial charge >= 0.3 is 0 Å². The summed E-state index contributed by atoms with van der Waals surface area (Å²) in [6.07, 6.45) is 0.259. The fraction of sp³-hybridized carbons (Fsp3) is 0.421. The molecule has 2 aliphatic heterocycles. The van der Waals surface area contributed by atoms with Crippen molar-refractivity contribution in [1.29, 1.82) is 0 Å². The van der Waals surface area contributed by atoms with Crippen LogP contribution in [0.1, 0.15) is 11.3 Å². The topological polar surface area (TPSA) is 69.3 Å². The van der Waals surface area contributed by atoms with Crippen molar-refractivity contribution >= 4 is 11.9 Å². The van der Waals surface area contributed by atoms with Crippen LogP contribution < -0.4 is 10.5 Å². The average Bonchev–Trinajstić information content (AvgIpc) is 3.20. The molecule has 1 N–H and O–H groups in total. The molecule has 4 rings (SSSR count). The lowest BCUT2D eigenvalue weighted by molar-refractivity contribution is -0.129. The fourth-order valence-corrected chi connectivity index (χ4v) is 3.96. The molecule has 0 radical (unpaired) electrons. The zero-order valence-corrected chi connectivity index (χ0v) is 14.9. The smallest absolute Gasteiger partial charge is 0.288 e. The molecule has 0 saturated carbocycles. The van der Waals surface area contributed by atoms with Crippen molar-refractivity contribution in [2.45, 2.75) is 13.3 Å². The summed E-state index contributed by atoms with van der Waals surface area (Å²) in [6.45, 7) is 4.09. The SMILES string of the molecule is Cc1nc(N2CC3CN(C(=O)Cc4ccc(F)cc4)CC3C2)[nH]c(=O)c1F. The van der Waals surface area contributed by atoms with Gasteiger partial charge in [-0.25, -0.2) is 9.37 Å². The summed E-state index contributed by atoms with van der Waals surface area (Å²) in [5.41, 5.74) is 0.122. The number of H-pyrrole nitrogens is 1. The highest BCUT2D eigenvalue weighted by Gasteiger charge is 2.42. The summed E-state index contributed by atoms with van der Waals surface area (Å²) in [4.78, 5) is 34.6. The third kappa shape index (κ3) is 3.43. The lowest BCUT2D eigenvalue weighted by atomic mass is 10.0. The summed E-state index contributed by atoms with van der Waals surface area (Å²) in [5, 5.41) is 0. The van der Waals surface area contributed by atoms with Crippen molar-refractivity contribution in [2.75, 3.05) is 31.1 Å². The molecule has 6 nitrogen and oxygen atoms in total. The maximum absolute atomic E-state index is 13.5. The van der Waals surface area contributed by atoms with Gasteiger partial charge in [-0.1, -0.05) is 12.1 Å². The number of carbonyl (C=O) groups is 1. The number of aromatic amines is 1. The van der Waals surface area contributed by atoms with Crippen LogP contribution in [0, 0.1) is 30.4 Å². The fourth-order valence-electron chi connectivity index (χ4n) is 3.96. The number of halogens is 2. The third-order valence-corrected chi connectivity index (χ3v) is 5.42. The second-order valence-corrected chi connectivity index (χ2v) is 7.32. The van der Waals surface area contributed by atoms with Gasteiger partial charge in [-0.05, 0) is 24.6 Å². The quantitative estimate of drug-likeness (QED) is 0.884. The van der Waals surface area contributed by atoms with Crippen LogP contribution in [0.15, 0.2) is 29.1 Å². The second-order valence-electron chi connectivity index (χ2n) is 7.32. The number of carbonyl (C=O) groups excluding carboxylic acids is 1. The molecule has 2 aromatic rings. The van der Waals surface area contributed by atoms with Gasteiger partial charge in [0, 0.05) is 38.0 Å². The number of fused-ring (bicyclic) bond motifs is 1. The molecule has 2 atom stereocenters. The first-order valence-corrected chi connectivity index (χ1v) is 8.94. The molecule has 3 heterocycles. The molecular weight excluding hydrogens is 354 g/mol. The van der Waals surface area contributed by atoms with Crippen LogP contribution in [0.25, 0.3) is 0 Å². The first-order valence-electron chi connectivity index (χ1n) is 8.94. The first kappa shape index (κ1) is 17.6. The Morgan fingerprint density at radius 3 is 2.37 bits per heavy atom. The van der Waals surface area contributed by atoms with Crippen LogP contribution >= 0.6 is 0 Å². The zero-order chi connectivity index (χ0) is 19.1. The molecule has 8 heteroatoms. The van der Waals surface area contributed by atoms with Crippen molar-refractivity contribution in [2.24, 2.45) is 11.8 Å². The lowest BCUT2D eigenvalue weighted by Gasteiger charge is -2.22. The highest BCUT2D eigenvalue weighted by Crippen LogP contribution is 2.33. The number of aromatic nitrogens is 2. The molecule has 2 aliphatic rings. The van der Waals surface area contributed by atoms with Crippen LogP contribution in [-0.4, -0.2) is 47.0 Å². The minimum atomic E-state index is -0.851. The number of amides is 1. The third-order valence-electron chi connectivity index (χ3n) is 5.42.